The molecule has 2 aromatic carbocycles. The summed E-state index contributed by atoms with van der Waals surface area (Å²) >= 11 is 1.51. The molecule has 0 bridgehead atoms. The second-order valence-corrected chi connectivity index (χ2v) is 8.02. The van der Waals surface area contributed by atoms with Crippen molar-refractivity contribution >= 4 is 33.8 Å². The molecule has 1 heterocycles. The molecule has 3 rings (SSSR count). The molecule has 5 nitrogen and oxygen atoms in total. The normalized spacial score (nSPS) is 11.9. The first kappa shape index (κ1) is 20.0. The molecule has 0 fully saturated rings. The second kappa shape index (κ2) is 8.99. The van der Waals surface area contributed by atoms with E-state index in [0.29, 0.717) is 0 Å². The zero-order valence-electron chi connectivity index (χ0n) is 16.8. The van der Waals surface area contributed by atoms with Crippen LogP contribution in [0, 0.1) is 0 Å². The Labute approximate surface area is 170 Å². The van der Waals surface area contributed by atoms with E-state index in [0.717, 1.165) is 29.6 Å². The second-order valence-electron chi connectivity index (χ2n) is 7.18. The van der Waals surface area contributed by atoms with Gasteiger partial charge in [0.1, 0.15) is 18.8 Å². The predicted octanol–water partition coefficient (Wildman–Crippen LogP) is 3.11. The summed E-state index contributed by atoms with van der Waals surface area (Å²) in [6.07, 6.45) is 0. The Morgan fingerprint density at radius 3 is 2.29 bits per heavy atom. The molecule has 6 heteroatoms. The molecular weight excluding hydrogens is 368 g/mol. The van der Waals surface area contributed by atoms with Crippen molar-refractivity contribution in [2.45, 2.75) is 20.0 Å². The average molecular weight is 396 g/mol. The lowest BCUT2D eigenvalue weighted by molar-refractivity contribution is -0.908. The van der Waals surface area contributed by atoms with E-state index in [9.17, 15) is 4.79 Å². The number of hydrogen-bond donors (Lipinski definition) is 1. The predicted molar refractivity (Wildman–Crippen MR) is 116 cm³/mol. The Hall–Kier alpha value is -2.70. The standard InChI is InChI=1S/C22H26N4OS/c1-17(27)26(21-8-6-5-7-9-21)22-23-19(16-28-22)15-25(4)14-18-10-12-20(13-11-18)24(2)3/h5-13,16H,14-15H2,1-4H3/p+1. The van der Waals surface area contributed by atoms with Crippen LogP contribution in [0.4, 0.5) is 16.5 Å². The van der Waals surface area contributed by atoms with Crippen LogP contribution >= 0.6 is 11.3 Å². The van der Waals surface area contributed by atoms with Crippen LogP contribution in [-0.2, 0) is 17.9 Å². The van der Waals surface area contributed by atoms with E-state index >= 15 is 0 Å². The third-order valence-electron chi connectivity index (χ3n) is 4.50. The topological polar surface area (TPSA) is 40.9 Å². The van der Waals surface area contributed by atoms with E-state index < -0.39 is 0 Å². The van der Waals surface area contributed by atoms with Crippen LogP contribution in [0.3, 0.4) is 0 Å². The van der Waals surface area contributed by atoms with Crippen molar-refractivity contribution in [3.8, 4) is 0 Å². The van der Waals surface area contributed by atoms with Gasteiger partial charge < -0.3 is 9.80 Å². The molecule has 0 radical (unpaired) electrons. The maximum atomic E-state index is 12.2. The maximum Gasteiger partial charge on any atom is 0.230 e. The lowest BCUT2D eigenvalue weighted by Gasteiger charge is -2.18. The Morgan fingerprint density at radius 2 is 1.68 bits per heavy atom. The first-order valence-corrected chi connectivity index (χ1v) is 10.2. The van der Waals surface area contributed by atoms with Crippen LogP contribution in [0.1, 0.15) is 18.2 Å². The highest BCUT2D eigenvalue weighted by molar-refractivity contribution is 7.14. The average Bonchev–Trinajstić information content (AvgIpc) is 3.10. The minimum absolute atomic E-state index is 0.0335. The van der Waals surface area contributed by atoms with Gasteiger partial charge in [-0.05, 0) is 24.3 Å². The summed E-state index contributed by atoms with van der Waals surface area (Å²) in [7, 11) is 6.26. The van der Waals surface area contributed by atoms with Crippen molar-refractivity contribution in [2.75, 3.05) is 30.9 Å². The first-order valence-electron chi connectivity index (χ1n) is 9.31. The number of nitrogens with zero attached hydrogens (tertiary/aromatic N) is 3. The van der Waals surface area contributed by atoms with Crippen LogP contribution in [0.25, 0.3) is 0 Å². The summed E-state index contributed by atoms with van der Waals surface area (Å²) in [6, 6.07) is 18.3. The molecule has 0 aliphatic rings. The van der Waals surface area contributed by atoms with Crippen LogP contribution in [0.5, 0.6) is 0 Å². The number of anilines is 3. The number of carbonyl (C=O) groups is 1. The summed E-state index contributed by atoms with van der Waals surface area (Å²) < 4.78 is 0. The number of rotatable bonds is 7. The van der Waals surface area contributed by atoms with Gasteiger partial charge in [0.2, 0.25) is 5.91 Å². The van der Waals surface area contributed by atoms with Gasteiger partial charge in [0.05, 0.1) is 12.7 Å². The highest BCUT2D eigenvalue weighted by Crippen LogP contribution is 2.28. The van der Waals surface area contributed by atoms with Crippen molar-refractivity contribution in [1.82, 2.24) is 4.98 Å². The minimum atomic E-state index is -0.0335. The van der Waals surface area contributed by atoms with E-state index in [2.05, 4.69) is 36.2 Å². The zero-order valence-corrected chi connectivity index (χ0v) is 17.7. The number of carbonyl (C=O) groups excluding carboxylic acids is 1. The summed E-state index contributed by atoms with van der Waals surface area (Å²) in [5.74, 6) is -0.0335. The van der Waals surface area contributed by atoms with Gasteiger partial charge >= 0.3 is 0 Å². The lowest BCUT2D eigenvalue weighted by atomic mass is 10.2. The van der Waals surface area contributed by atoms with E-state index in [4.69, 9.17) is 4.98 Å². The molecule has 0 aliphatic carbocycles. The number of thiazole rings is 1. The molecule has 0 saturated carbocycles. The van der Waals surface area contributed by atoms with Gasteiger partial charge in [0, 0.05) is 37.6 Å². The largest absolute Gasteiger partial charge is 0.378 e. The van der Waals surface area contributed by atoms with Gasteiger partial charge in [-0.1, -0.05) is 30.3 Å². The number of hydrogen-bond acceptors (Lipinski definition) is 4. The van der Waals surface area contributed by atoms with Crippen LogP contribution in [-0.4, -0.2) is 32.0 Å². The molecule has 0 spiro atoms. The van der Waals surface area contributed by atoms with Crippen molar-refractivity contribution in [3.05, 3.63) is 71.2 Å². The fourth-order valence-corrected chi connectivity index (χ4v) is 4.00. The van der Waals surface area contributed by atoms with Gasteiger partial charge in [0.25, 0.3) is 0 Å². The summed E-state index contributed by atoms with van der Waals surface area (Å²) in [5, 5.41) is 2.77. The summed E-state index contributed by atoms with van der Waals surface area (Å²) in [4.78, 5) is 22.0. The Balaban J connectivity index is 1.67. The van der Waals surface area contributed by atoms with Crippen LogP contribution in [0.2, 0.25) is 0 Å². The monoisotopic (exact) mass is 395 g/mol. The van der Waals surface area contributed by atoms with Crippen molar-refractivity contribution in [3.63, 3.8) is 0 Å². The zero-order chi connectivity index (χ0) is 20.1. The number of amides is 1. The van der Waals surface area contributed by atoms with Gasteiger partial charge in [-0.3, -0.25) is 9.69 Å². The molecule has 1 atom stereocenters. The SMILES string of the molecule is CC(=O)N(c1ccccc1)c1nc(C[NH+](C)Cc2ccc(N(C)C)cc2)cs1. The van der Waals surface area contributed by atoms with Crippen molar-refractivity contribution in [1.29, 1.82) is 0 Å². The third kappa shape index (κ3) is 4.97. The smallest absolute Gasteiger partial charge is 0.230 e. The van der Waals surface area contributed by atoms with Crippen LogP contribution < -0.4 is 14.7 Å². The fourth-order valence-electron chi connectivity index (χ4n) is 3.12. The number of nitrogens with one attached hydrogen (secondary N) is 1. The molecule has 0 aliphatic heterocycles. The summed E-state index contributed by atoms with van der Waals surface area (Å²) in [6.45, 7) is 3.31. The highest BCUT2D eigenvalue weighted by Gasteiger charge is 2.18. The molecule has 1 aromatic heterocycles. The molecule has 1 unspecified atom stereocenters. The molecule has 0 saturated heterocycles. The van der Waals surface area contributed by atoms with Crippen molar-refractivity contribution in [2.24, 2.45) is 0 Å². The minimum Gasteiger partial charge on any atom is -0.378 e. The molecular formula is C22H27N4OS+. The van der Waals surface area contributed by atoms with Crippen LogP contribution in [0.15, 0.2) is 60.0 Å². The Kier molecular flexibility index (Phi) is 6.44. The number of para-hydroxylation sites is 1. The summed E-state index contributed by atoms with van der Waals surface area (Å²) in [5.41, 5.74) is 4.35. The quantitative estimate of drug-likeness (QED) is 0.668. The van der Waals surface area contributed by atoms with E-state index in [-0.39, 0.29) is 5.91 Å². The van der Waals surface area contributed by atoms with E-state index in [1.165, 1.54) is 27.5 Å². The van der Waals surface area contributed by atoms with Gasteiger partial charge in [0.15, 0.2) is 5.13 Å². The molecule has 1 amide bonds. The van der Waals surface area contributed by atoms with Gasteiger partial charge in [-0.25, -0.2) is 4.98 Å². The van der Waals surface area contributed by atoms with E-state index in [1.54, 1.807) is 11.8 Å². The molecule has 146 valence electrons. The number of benzene rings is 2. The first-order chi connectivity index (χ1) is 13.4. The fraction of sp³-hybridized carbons (Fsp3) is 0.273. The maximum absolute atomic E-state index is 12.2. The number of aromatic nitrogens is 1. The number of quaternary nitrogens is 1. The van der Waals surface area contributed by atoms with Crippen molar-refractivity contribution < 1.29 is 9.69 Å². The van der Waals surface area contributed by atoms with Gasteiger partial charge in [-0.15, -0.1) is 11.3 Å². The molecule has 3 aromatic rings. The highest BCUT2D eigenvalue weighted by atomic mass is 32.1. The molecule has 1 N–H and O–H groups in total. The third-order valence-corrected chi connectivity index (χ3v) is 5.38. The Bertz CT molecular complexity index is 906. The molecule has 28 heavy (non-hydrogen) atoms. The van der Waals surface area contributed by atoms with E-state index in [1.807, 2.05) is 49.8 Å². The lowest BCUT2D eigenvalue weighted by Crippen LogP contribution is -3.06. The Morgan fingerprint density at radius 1 is 1.00 bits per heavy atom. The van der Waals surface area contributed by atoms with Gasteiger partial charge in [-0.2, -0.15) is 0 Å².